The van der Waals surface area contributed by atoms with E-state index in [1.165, 1.54) is 23.5 Å². The molecule has 7 heteroatoms. The third-order valence-electron chi connectivity index (χ3n) is 2.80. The molecule has 0 saturated carbocycles. The summed E-state index contributed by atoms with van der Waals surface area (Å²) >= 11 is 13.2. The van der Waals surface area contributed by atoms with Gasteiger partial charge in [-0.2, -0.15) is 0 Å². The zero-order valence-electron chi connectivity index (χ0n) is 10.4. The summed E-state index contributed by atoms with van der Waals surface area (Å²) in [7, 11) is 0. The van der Waals surface area contributed by atoms with E-state index in [2.05, 4.69) is 10.3 Å². The maximum Gasteiger partial charge on any atom is 0.337 e. The minimum absolute atomic E-state index is 0.0471. The first-order valence-electron chi connectivity index (χ1n) is 5.89. The van der Waals surface area contributed by atoms with E-state index < -0.39 is 5.97 Å². The molecule has 0 radical (unpaired) electrons. The highest BCUT2D eigenvalue weighted by Crippen LogP contribution is 2.31. The number of carboxylic acid groups (broad SMARTS) is 1. The molecule has 0 aliphatic carbocycles. The zero-order valence-corrected chi connectivity index (χ0v) is 12.8. The number of hydrogen-bond donors (Lipinski definition) is 2. The molecular formula is C14H8Cl2N2O2S. The quantitative estimate of drug-likeness (QED) is 0.701. The van der Waals surface area contributed by atoms with Gasteiger partial charge >= 0.3 is 5.97 Å². The predicted molar refractivity (Wildman–Crippen MR) is 86.3 cm³/mol. The Morgan fingerprint density at radius 1 is 1.19 bits per heavy atom. The molecule has 0 bridgehead atoms. The highest BCUT2D eigenvalue weighted by Gasteiger charge is 2.10. The molecule has 0 spiro atoms. The first-order valence-corrected chi connectivity index (χ1v) is 7.46. The van der Waals surface area contributed by atoms with Gasteiger partial charge in [-0.25, -0.2) is 9.78 Å². The maximum absolute atomic E-state index is 11.1. The van der Waals surface area contributed by atoms with Crippen molar-refractivity contribution in [2.45, 2.75) is 0 Å². The molecule has 0 saturated heterocycles. The number of aromatic nitrogens is 1. The fraction of sp³-hybridized carbons (Fsp3) is 0. The fourth-order valence-electron chi connectivity index (χ4n) is 1.84. The number of rotatable bonds is 3. The second kappa shape index (κ2) is 5.52. The standard InChI is InChI=1S/C14H8Cl2N2O2S/c15-7-1-4-11-12(5-7)21-14(18-11)17-8-2-3-10(16)9(6-8)13(19)20/h1-6H,(H,17,18)(H,19,20). The molecule has 0 atom stereocenters. The van der Waals surface area contributed by atoms with Gasteiger partial charge in [-0.05, 0) is 36.4 Å². The number of nitrogens with one attached hydrogen (secondary N) is 1. The van der Waals surface area contributed by atoms with E-state index in [1.807, 2.05) is 12.1 Å². The van der Waals surface area contributed by atoms with Crippen LogP contribution in [0.25, 0.3) is 10.2 Å². The van der Waals surface area contributed by atoms with Crippen molar-refractivity contribution in [2.75, 3.05) is 5.32 Å². The van der Waals surface area contributed by atoms with Crippen LogP contribution in [0.5, 0.6) is 0 Å². The number of aromatic carboxylic acids is 1. The van der Waals surface area contributed by atoms with Gasteiger partial charge in [0, 0.05) is 10.7 Å². The molecule has 2 aromatic carbocycles. The van der Waals surface area contributed by atoms with Crippen LogP contribution < -0.4 is 5.32 Å². The Morgan fingerprint density at radius 2 is 2.00 bits per heavy atom. The largest absolute Gasteiger partial charge is 0.478 e. The maximum atomic E-state index is 11.1. The van der Waals surface area contributed by atoms with Gasteiger partial charge in [0.25, 0.3) is 0 Å². The summed E-state index contributed by atoms with van der Waals surface area (Å²) in [6.45, 7) is 0. The number of benzene rings is 2. The van der Waals surface area contributed by atoms with Gasteiger partial charge < -0.3 is 10.4 Å². The molecular weight excluding hydrogens is 331 g/mol. The molecule has 0 unspecified atom stereocenters. The van der Waals surface area contributed by atoms with Crippen molar-refractivity contribution in [3.05, 3.63) is 52.0 Å². The van der Waals surface area contributed by atoms with Gasteiger partial charge in [-0.1, -0.05) is 34.5 Å². The van der Waals surface area contributed by atoms with Crippen LogP contribution in [0.1, 0.15) is 10.4 Å². The van der Waals surface area contributed by atoms with E-state index in [-0.39, 0.29) is 10.6 Å². The lowest BCUT2D eigenvalue weighted by Crippen LogP contribution is -1.99. The SMILES string of the molecule is O=C(O)c1cc(Nc2nc3ccc(Cl)cc3s2)ccc1Cl. The van der Waals surface area contributed by atoms with E-state index in [1.54, 1.807) is 12.1 Å². The van der Waals surface area contributed by atoms with Crippen LogP contribution in [0, 0.1) is 0 Å². The molecule has 1 aromatic heterocycles. The van der Waals surface area contributed by atoms with Crippen molar-refractivity contribution in [3.8, 4) is 0 Å². The van der Waals surface area contributed by atoms with Crippen molar-refractivity contribution < 1.29 is 9.90 Å². The molecule has 21 heavy (non-hydrogen) atoms. The summed E-state index contributed by atoms with van der Waals surface area (Å²) in [5.74, 6) is -1.07. The summed E-state index contributed by atoms with van der Waals surface area (Å²) in [5, 5.41) is 13.6. The lowest BCUT2D eigenvalue weighted by molar-refractivity contribution is 0.0697. The third-order valence-corrected chi connectivity index (χ3v) is 4.30. The van der Waals surface area contributed by atoms with E-state index in [9.17, 15) is 4.79 Å². The van der Waals surface area contributed by atoms with Gasteiger partial charge in [0.05, 0.1) is 20.8 Å². The van der Waals surface area contributed by atoms with Gasteiger partial charge in [-0.15, -0.1) is 0 Å². The smallest absolute Gasteiger partial charge is 0.337 e. The number of carboxylic acids is 1. The number of anilines is 2. The molecule has 106 valence electrons. The lowest BCUT2D eigenvalue weighted by Gasteiger charge is -2.05. The normalized spacial score (nSPS) is 10.8. The Morgan fingerprint density at radius 3 is 2.76 bits per heavy atom. The summed E-state index contributed by atoms with van der Waals surface area (Å²) in [6.07, 6.45) is 0. The van der Waals surface area contributed by atoms with Gasteiger partial charge in [0.15, 0.2) is 5.13 Å². The lowest BCUT2D eigenvalue weighted by atomic mass is 10.2. The van der Waals surface area contributed by atoms with Crippen molar-refractivity contribution in [3.63, 3.8) is 0 Å². The minimum Gasteiger partial charge on any atom is -0.478 e. The van der Waals surface area contributed by atoms with Crippen LogP contribution in [0.4, 0.5) is 10.8 Å². The Hall–Kier alpha value is -1.82. The first kappa shape index (κ1) is 14.1. The first-order chi connectivity index (χ1) is 10.0. The number of thiazole rings is 1. The van der Waals surface area contributed by atoms with Gasteiger partial charge in [-0.3, -0.25) is 0 Å². The number of carbonyl (C=O) groups is 1. The van der Waals surface area contributed by atoms with Crippen molar-refractivity contribution in [2.24, 2.45) is 0 Å². The van der Waals surface area contributed by atoms with E-state index in [0.717, 1.165) is 10.2 Å². The second-order valence-electron chi connectivity index (χ2n) is 4.26. The average molecular weight is 339 g/mol. The monoisotopic (exact) mass is 338 g/mol. The summed E-state index contributed by atoms with van der Waals surface area (Å²) in [4.78, 5) is 15.5. The van der Waals surface area contributed by atoms with Crippen molar-refractivity contribution >= 4 is 61.5 Å². The summed E-state index contributed by atoms with van der Waals surface area (Å²) < 4.78 is 0.956. The molecule has 1 heterocycles. The number of hydrogen-bond acceptors (Lipinski definition) is 4. The van der Waals surface area contributed by atoms with E-state index >= 15 is 0 Å². The minimum atomic E-state index is -1.07. The Kier molecular flexibility index (Phi) is 3.71. The molecule has 3 aromatic rings. The van der Waals surface area contributed by atoms with Crippen molar-refractivity contribution in [1.29, 1.82) is 0 Å². The topological polar surface area (TPSA) is 62.2 Å². The van der Waals surface area contributed by atoms with Crippen LogP contribution >= 0.6 is 34.5 Å². The summed E-state index contributed by atoms with van der Waals surface area (Å²) in [6, 6.07) is 10.2. The van der Waals surface area contributed by atoms with Crippen LogP contribution in [0.3, 0.4) is 0 Å². The van der Waals surface area contributed by atoms with Crippen molar-refractivity contribution in [1.82, 2.24) is 4.98 Å². The molecule has 4 nitrogen and oxygen atoms in total. The Labute approximate surface area is 134 Å². The molecule has 2 N–H and O–H groups in total. The molecule has 0 amide bonds. The van der Waals surface area contributed by atoms with E-state index in [0.29, 0.717) is 15.8 Å². The van der Waals surface area contributed by atoms with Gasteiger partial charge in [0.2, 0.25) is 0 Å². The number of halogens is 2. The van der Waals surface area contributed by atoms with Crippen LogP contribution in [0.15, 0.2) is 36.4 Å². The van der Waals surface area contributed by atoms with Crippen LogP contribution in [-0.4, -0.2) is 16.1 Å². The summed E-state index contributed by atoms with van der Waals surface area (Å²) in [5.41, 5.74) is 1.49. The molecule has 3 rings (SSSR count). The molecule has 0 fully saturated rings. The van der Waals surface area contributed by atoms with E-state index in [4.69, 9.17) is 28.3 Å². The third kappa shape index (κ3) is 2.95. The highest BCUT2D eigenvalue weighted by atomic mass is 35.5. The van der Waals surface area contributed by atoms with Crippen LogP contribution in [-0.2, 0) is 0 Å². The molecule has 0 aliphatic rings. The van der Waals surface area contributed by atoms with Gasteiger partial charge in [0.1, 0.15) is 0 Å². The predicted octanol–water partition coefficient (Wildman–Crippen LogP) is 5.04. The Bertz CT molecular complexity index is 848. The number of fused-ring (bicyclic) bond motifs is 1. The fourth-order valence-corrected chi connectivity index (χ4v) is 3.20. The molecule has 0 aliphatic heterocycles. The highest BCUT2D eigenvalue weighted by molar-refractivity contribution is 7.22. The Balaban J connectivity index is 1.94. The zero-order chi connectivity index (χ0) is 15.0. The average Bonchev–Trinajstić information content (AvgIpc) is 2.82. The van der Waals surface area contributed by atoms with Crippen LogP contribution in [0.2, 0.25) is 10.0 Å². The second-order valence-corrected chi connectivity index (χ2v) is 6.13. The number of nitrogens with zero attached hydrogens (tertiary/aromatic N) is 1.